The summed E-state index contributed by atoms with van der Waals surface area (Å²) in [6, 6.07) is 10.7. The van der Waals surface area contributed by atoms with Crippen LogP contribution < -0.4 is 15.0 Å². The molecule has 11 nitrogen and oxygen atoms in total. The van der Waals surface area contributed by atoms with Crippen LogP contribution in [0.5, 0.6) is 5.75 Å². The summed E-state index contributed by atoms with van der Waals surface area (Å²) in [4.78, 5) is 28.6. The average molecular weight is 463 g/mol. The zero-order valence-electron chi connectivity index (χ0n) is 19.5. The molecule has 0 bridgehead atoms. The number of rotatable bonds is 9. The maximum absolute atomic E-state index is 11.8. The maximum atomic E-state index is 11.8. The van der Waals surface area contributed by atoms with Gasteiger partial charge in [0.15, 0.2) is 0 Å². The molecule has 176 valence electrons. The van der Waals surface area contributed by atoms with Crippen LogP contribution in [-0.4, -0.2) is 70.7 Å². The summed E-state index contributed by atoms with van der Waals surface area (Å²) in [5, 5.41) is 15.9. The quantitative estimate of drug-likeness (QED) is 0.295. The van der Waals surface area contributed by atoms with E-state index in [1.165, 1.54) is 13.2 Å². The van der Waals surface area contributed by atoms with E-state index in [-0.39, 0.29) is 5.69 Å². The molecule has 1 aromatic carbocycles. The summed E-state index contributed by atoms with van der Waals surface area (Å²) in [6.07, 6.45) is 5.26. The first kappa shape index (κ1) is 22.9. The van der Waals surface area contributed by atoms with E-state index in [4.69, 9.17) is 4.74 Å². The number of pyridine rings is 1. The van der Waals surface area contributed by atoms with Gasteiger partial charge in [0, 0.05) is 56.2 Å². The van der Waals surface area contributed by atoms with Crippen molar-refractivity contribution in [1.82, 2.24) is 24.4 Å². The molecule has 0 spiro atoms. The van der Waals surface area contributed by atoms with Crippen molar-refractivity contribution in [2.45, 2.75) is 0 Å². The van der Waals surface area contributed by atoms with Crippen molar-refractivity contribution in [1.29, 1.82) is 0 Å². The van der Waals surface area contributed by atoms with Crippen LogP contribution in [0.15, 0.2) is 55.0 Å². The molecule has 0 fully saturated rings. The van der Waals surface area contributed by atoms with Crippen molar-refractivity contribution in [2.24, 2.45) is 0 Å². The predicted octanol–water partition coefficient (Wildman–Crippen LogP) is 3.47. The van der Waals surface area contributed by atoms with Gasteiger partial charge in [0.05, 0.1) is 17.7 Å². The minimum absolute atomic E-state index is 0.0573. The Hall–Kier alpha value is -4.25. The van der Waals surface area contributed by atoms with Gasteiger partial charge in [-0.2, -0.15) is 4.98 Å². The molecule has 0 aliphatic rings. The molecule has 11 heteroatoms. The van der Waals surface area contributed by atoms with Crippen molar-refractivity contribution < 1.29 is 9.66 Å². The van der Waals surface area contributed by atoms with E-state index in [0.29, 0.717) is 35.4 Å². The molecule has 0 saturated carbocycles. The van der Waals surface area contributed by atoms with Crippen LogP contribution in [0.2, 0.25) is 0 Å². The Balaban J connectivity index is 1.71. The van der Waals surface area contributed by atoms with Gasteiger partial charge in [0.2, 0.25) is 5.95 Å². The number of aromatic nitrogens is 4. The second-order valence-electron chi connectivity index (χ2n) is 7.90. The highest BCUT2D eigenvalue weighted by atomic mass is 16.6. The van der Waals surface area contributed by atoms with E-state index >= 15 is 0 Å². The number of hydrogen-bond donors (Lipinski definition) is 1. The molecular weight excluding hydrogens is 436 g/mol. The maximum Gasteiger partial charge on any atom is 0.294 e. The Morgan fingerprint density at radius 1 is 1.15 bits per heavy atom. The van der Waals surface area contributed by atoms with Gasteiger partial charge in [-0.05, 0) is 38.4 Å². The first-order valence-corrected chi connectivity index (χ1v) is 10.6. The number of likely N-dealkylation sites (N-methyl/N-ethyl adjacent to an activating group) is 1. The largest absolute Gasteiger partial charge is 0.494 e. The van der Waals surface area contributed by atoms with E-state index in [0.717, 1.165) is 17.6 Å². The predicted molar refractivity (Wildman–Crippen MR) is 131 cm³/mol. The molecule has 4 rings (SSSR count). The van der Waals surface area contributed by atoms with E-state index in [2.05, 4.69) is 20.3 Å². The molecule has 3 aromatic heterocycles. The van der Waals surface area contributed by atoms with E-state index in [9.17, 15) is 10.1 Å². The molecule has 0 aliphatic carbocycles. The van der Waals surface area contributed by atoms with Gasteiger partial charge in [-0.1, -0.05) is 0 Å². The van der Waals surface area contributed by atoms with Gasteiger partial charge in [-0.15, -0.1) is 0 Å². The van der Waals surface area contributed by atoms with Crippen molar-refractivity contribution >= 4 is 34.0 Å². The van der Waals surface area contributed by atoms with E-state index < -0.39 is 4.92 Å². The Bertz CT molecular complexity index is 1320. The van der Waals surface area contributed by atoms with Crippen molar-refractivity contribution in [3.05, 3.63) is 65.1 Å². The summed E-state index contributed by atoms with van der Waals surface area (Å²) in [7, 11) is 7.15. The van der Waals surface area contributed by atoms with Gasteiger partial charge < -0.3 is 19.9 Å². The summed E-state index contributed by atoms with van der Waals surface area (Å²) < 4.78 is 7.43. The van der Waals surface area contributed by atoms with Crippen LogP contribution in [0.3, 0.4) is 0 Å². The molecule has 0 radical (unpaired) electrons. The van der Waals surface area contributed by atoms with Gasteiger partial charge in [-0.3, -0.25) is 14.7 Å². The molecule has 1 N–H and O–H groups in total. The van der Waals surface area contributed by atoms with Crippen LogP contribution in [0.1, 0.15) is 0 Å². The SMILES string of the molecule is COc1cc(NCCN(C)C)c([N+](=O)[O-])cc1N(C)c1nccc(-n2ccc3cccnc32)n1. The smallest absolute Gasteiger partial charge is 0.294 e. The van der Waals surface area contributed by atoms with Crippen molar-refractivity contribution in [2.75, 3.05) is 51.6 Å². The second kappa shape index (κ2) is 9.71. The zero-order chi connectivity index (χ0) is 24.2. The Morgan fingerprint density at radius 3 is 2.71 bits per heavy atom. The highest BCUT2D eigenvalue weighted by Crippen LogP contribution is 2.39. The lowest BCUT2D eigenvalue weighted by molar-refractivity contribution is -0.383. The third-order valence-corrected chi connectivity index (χ3v) is 5.35. The second-order valence-corrected chi connectivity index (χ2v) is 7.90. The standard InChI is InChI=1S/C23H26N8O3/c1-28(2)13-11-24-17-14-20(34-4)19(15-18(17)31(32)33)29(3)23-26-10-7-21(27-23)30-12-8-16-6-5-9-25-22(16)30/h5-10,12,14-15,24H,11,13H2,1-4H3. The molecular formula is C23H26N8O3. The fourth-order valence-electron chi connectivity index (χ4n) is 3.58. The van der Waals surface area contributed by atoms with E-state index in [1.54, 1.807) is 36.5 Å². The fraction of sp³-hybridized carbons (Fsp3) is 0.261. The van der Waals surface area contributed by atoms with Crippen molar-refractivity contribution in [3.63, 3.8) is 0 Å². The highest BCUT2D eigenvalue weighted by Gasteiger charge is 2.23. The lowest BCUT2D eigenvalue weighted by atomic mass is 10.2. The molecule has 0 atom stereocenters. The number of nitrogens with zero attached hydrogens (tertiary/aromatic N) is 7. The van der Waals surface area contributed by atoms with Gasteiger partial charge in [-0.25, -0.2) is 9.97 Å². The van der Waals surface area contributed by atoms with Gasteiger partial charge in [0.1, 0.15) is 22.9 Å². The van der Waals surface area contributed by atoms with Crippen LogP contribution >= 0.6 is 0 Å². The topological polar surface area (TPSA) is 114 Å². The minimum Gasteiger partial charge on any atom is -0.494 e. The number of benzene rings is 1. The minimum atomic E-state index is -0.413. The van der Waals surface area contributed by atoms with Crippen LogP contribution in [0.25, 0.3) is 16.9 Å². The Morgan fingerprint density at radius 2 is 1.97 bits per heavy atom. The van der Waals surface area contributed by atoms with Crippen LogP contribution in [0, 0.1) is 10.1 Å². The molecule has 4 aromatic rings. The number of nitrogens with one attached hydrogen (secondary N) is 1. The first-order valence-electron chi connectivity index (χ1n) is 10.6. The molecule has 0 unspecified atom stereocenters. The van der Waals surface area contributed by atoms with Crippen LogP contribution in [0.4, 0.5) is 23.0 Å². The number of ether oxygens (including phenoxy) is 1. The fourth-order valence-corrected chi connectivity index (χ4v) is 3.58. The number of methoxy groups -OCH3 is 1. The van der Waals surface area contributed by atoms with Crippen LogP contribution in [-0.2, 0) is 0 Å². The lowest BCUT2D eigenvalue weighted by Crippen LogP contribution is -2.21. The van der Waals surface area contributed by atoms with Gasteiger partial charge in [0.25, 0.3) is 5.69 Å². The summed E-state index contributed by atoms with van der Waals surface area (Å²) in [6.45, 7) is 1.28. The summed E-state index contributed by atoms with van der Waals surface area (Å²) in [5.41, 5.74) is 1.58. The Kier molecular flexibility index (Phi) is 6.55. The monoisotopic (exact) mass is 462 g/mol. The summed E-state index contributed by atoms with van der Waals surface area (Å²) >= 11 is 0. The summed E-state index contributed by atoms with van der Waals surface area (Å²) in [5.74, 6) is 1.44. The molecule has 0 saturated heterocycles. The third-order valence-electron chi connectivity index (χ3n) is 5.35. The third kappa shape index (κ3) is 4.59. The normalized spacial score (nSPS) is 11.1. The number of fused-ring (bicyclic) bond motifs is 1. The number of nitro benzene ring substituents is 1. The number of anilines is 3. The van der Waals surface area contributed by atoms with E-state index in [1.807, 2.05) is 48.0 Å². The van der Waals surface area contributed by atoms with Gasteiger partial charge >= 0.3 is 0 Å². The molecule has 34 heavy (non-hydrogen) atoms. The highest BCUT2D eigenvalue weighted by molar-refractivity contribution is 5.78. The molecule has 3 heterocycles. The number of nitro groups is 1. The lowest BCUT2D eigenvalue weighted by Gasteiger charge is -2.21. The molecule has 0 amide bonds. The Labute approximate surface area is 196 Å². The average Bonchev–Trinajstić information content (AvgIpc) is 3.27. The number of hydrogen-bond acceptors (Lipinski definition) is 9. The first-order chi connectivity index (χ1) is 16.4. The molecule has 0 aliphatic heterocycles. The van der Waals surface area contributed by atoms with Crippen molar-refractivity contribution in [3.8, 4) is 11.6 Å². The zero-order valence-corrected chi connectivity index (χ0v) is 19.5.